The molecular weight excluding hydrogens is 346 g/mol. The Labute approximate surface area is 156 Å². The van der Waals surface area contributed by atoms with Gasteiger partial charge in [0.2, 0.25) is 0 Å². The number of nitrogens with zero attached hydrogens (tertiary/aromatic N) is 1. The van der Waals surface area contributed by atoms with E-state index in [1.807, 2.05) is 66.7 Å². The van der Waals surface area contributed by atoms with E-state index >= 15 is 0 Å². The highest BCUT2D eigenvalue weighted by Gasteiger charge is 2.00. The van der Waals surface area contributed by atoms with Crippen molar-refractivity contribution in [2.24, 2.45) is 0 Å². The smallest absolute Gasteiger partial charge is 0.313 e. The van der Waals surface area contributed by atoms with E-state index in [1.54, 1.807) is 0 Å². The fourth-order valence-electron chi connectivity index (χ4n) is 2.45. The fourth-order valence-corrected chi connectivity index (χ4v) is 2.98. The summed E-state index contributed by atoms with van der Waals surface area (Å²) in [6.07, 6.45) is 3.92. The number of ether oxygens (including phenoxy) is 1. The third-order valence-electron chi connectivity index (χ3n) is 3.65. The molecule has 0 fully saturated rings. The Morgan fingerprint density at radius 3 is 2.88 bits per heavy atom. The van der Waals surface area contributed by atoms with E-state index in [1.165, 1.54) is 11.8 Å². The highest BCUT2D eigenvalue weighted by atomic mass is 32.2. The van der Waals surface area contributed by atoms with Crippen LogP contribution in [0.5, 0.6) is 5.75 Å². The van der Waals surface area contributed by atoms with Crippen molar-refractivity contribution >= 4 is 34.7 Å². The molecule has 3 rings (SSSR count). The molecule has 26 heavy (non-hydrogen) atoms. The fraction of sp³-hybridized carbons (Fsp3) is 0.143. The SMILES string of the molecule is O=C(O)CSC/C=C\c1cccc(OCc2ccc3ccccc3n2)c1. The summed E-state index contributed by atoms with van der Waals surface area (Å²) in [6, 6.07) is 19.8. The van der Waals surface area contributed by atoms with Crippen LogP contribution in [0.2, 0.25) is 0 Å². The molecule has 1 aromatic heterocycles. The number of pyridine rings is 1. The average Bonchev–Trinajstić information content (AvgIpc) is 2.66. The van der Waals surface area contributed by atoms with E-state index in [0.717, 1.165) is 27.9 Å². The summed E-state index contributed by atoms with van der Waals surface area (Å²) in [4.78, 5) is 15.1. The number of hydrogen-bond donors (Lipinski definition) is 1. The standard InChI is InChI=1S/C21H19NO3S/c23-21(24)15-26-12-4-6-16-5-3-8-19(13-16)25-14-18-11-10-17-7-1-2-9-20(17)22-18/h1-11,13H,12,14-15H2,(H,23,24)/b6-4-. The lowest BCUT2D eigenvalue weighted by molar-refractivity contribution is -0.133. The molecule has 0 saturated heterocycles. The van der Waals surface area contributed by atoms with Crippen molar-refractivity contribution in [3.8, 4) is 5.75 Å². The van der Waals surface area contributed by atoms with E-state index in [9.17, 15) is 4.79 Å². The second-order valence-electron chi connectivity index (χ2n) is 5.67. The van der Waals surface area contributed by atoms with Crippen LogP contribution in [0, 0.1) is 0 Å². The minimum absolute atomic E-state index is 0.117. The minimum atomic E-state index is -0.791. The zero-order valence-electron chi connectivity index (χ0n) is 14.2. The Kier molecular flexibility index (Phi) is 6.28. The molecule has 4 nitrogen and oxygen atoms in total. The molecule has 5 heteroatoms. The van der Waals surface area contributed by atoms with Gasteiger partial charge in [0, 0.05) is 11.1 Å². The van der Waals surface area contributed by atoms with Gasteiger partial charge >= 0.3 is 5.97 Å². The molecule has 0 bridgehead atoms. The van der Waals surface area contributed by atoms with Gasteiger partial charge in [0.15, 0.2) is 0 Å². The molecule has 3 aromatic rings. The van der Waals surface area contributed by atoms with Gasteiger partial charge in [-0.3, -0.25) is 4.79 Å². The molecule has 1 N–H and O–H groups in total. The van der Waals surface area contributed by atoms with Gasteiger partial charge in [0.25, 0.3) is 0 Å². The number of para-hydroxylation sites is 1. The summed E-state index contributed by atoms with van der Waals surface area (Å²) in [5, 5.41) is 9.73. The number of carbonyl (C=O) groups is 1. The third-order valence-corrected chi connectivity index (χ3v) is 4.53. The Balaban J connectivity index is 1.57. The number of aromatic nitrogens is 1. The lowest BCUT2D eigenvalue weighted by atomic mass is 10.2. The lowest BCUT2D eigenvalue weighted by Gasteiger charge is -2.07. The van der Waals surface area contributed by atoms with E-state index < -0.39 is 5.97 Å². The summed E-state index contributed by atoms with van der Waals surface area (Å²) in [5.41, 5.74) is 2.86. The molecule has 0 aliphatic rings. The number of carboxylic acids is 1. The number of benzene rings is 2. The summed E-state index contributed by atoms with van der Waals surface area (Å²) in [7, 11) is 0. The zero-order valence-corrected chi connectivity index (χ0v) is 15.0. The second kappa shape index (κ2) is 9.06. The molecule has 2 aromatic carbocycles. The van der Waals surface area contributed by atoms with Crippen molar-refractivity contribution in [1.82, 2.24) is 4.98 Å². The van der Waals surface area contributed by atoms with Gasteiger partial charge < -0.3 is 9.84 Å². The van der Waals surface area contributed by atoms with E-state index in [4.69, 9.17) is 9.84 Å². The molecule has 0 aliphatic carbocycles. The lowest BCUT2D eigenvalue weighted by Crippen LogP contribution is -1.98. The van der Waals surface area contributed by atoms with Crippen molar-refractivity contribution in [3.63, 3.8) is 0 Å². The van der Waals surface area contributed by atoms with Gasteiger partial charge in [-0.25, -0.2) is 4.98 Å². The Bertz CT molecular complexity index is 924. The van der Waals surface area contributed by atoms with Crippen LogP contribution in [0.25, 0.3) is 17.0 Å². The Hall–Kier alpha value is -2.79. The van der Waals surface area contributed by atoms with Gasteiger partial charge in [-0.1, -0.05) is 48.6 Å². The quantitative estimate of drug-likeness (QED) is 0.589. The van der Waals surface area contributed by atoms with E-state index in [0.29, 0.717) is 12.4 Å². The van der Waals surface area contributed by atoms with Crippen LogP contribution >= 0.6 is 11.8 Å². The zero-order chi connectivity index (χ0) is 18.2. The first kappa shape index (κ1) is 18.0. The number of thioether (sulfide) groups is 1. The monoisotopic (exact) mass is 365 g/mol. The summed E-state index contributed by atoms with van der Waals surface area (Å²) < 4.78 is 5.86. The molecule has 132 valence electrons. The first-order valence-corrected chi connectivity index (χ1v) is 9.40. The van der Waals surface area contributed by atoms with Crippen LogP contribution in [0.15, 0.2) is 66.7 Å². The molecule has 0 spiro atoms. The number of carboxylic acid groups (broad SMARTS) is 1. The Morgan fingerprint density at radius 1 is 1.12 bits per heavy atom. The summed E-state index contributed by atoms with van der Waals surface area (Å²) >= 11 is 1.37. The van der Waals surface area contributed by atoms with Crippen LogP contribution in [-0.4, -0.2) is 27.6 Å². The largest absolute Gasteiger partial charge is 0.487 e. The predicted molar refractivity (Wildman–Crippen MR) is 107 cm³/mol. The van der Waals surface area contributed by atoms with Gasteiger partial charge in [-0.15, -0.1) is 11.8 Å². The maximum absolute atomic E-state index is 10.5. The summed E-state index contributed by atoms with van der Waals surface area (Å²) in [5.74, 6) is 0.770. The first-order chi connectivity index (χ1) is 12.7. The van der Waals surface area contributed by atoms with Crippen molar-refractivity contribution in [3.05, 3.63) is 78.0 Å². The first-order valence-electron chi connectivity index (χ1n) is 8.24. The van der Waals surface area contributed by atoms with Crippen molar-refractivity contribution < 1.29 is 14.6 Å². The molecule has 0 radical (unpaired) electrons. The highest BCUT2D eigenvalue weighted by Crippen LogP contribution is 2.17. The number of hydrogen-bond acceptors (Lipinski definition) is 4. The maximum Gasteiger partial charge on any atom is 0.313 e. The third kappa shape index (κ3) is 5.36. The van der Waals surface area contributed by atoms with Gasteiger partial charge in [-0.05, 0) is 29.8 Å². The molecule has 0 saturated carbocycles. The topological polar surface area (TPSA) is 59.4 Å². The van der Waals surface area contributed by atoms with Crippen molar-refractivity contribution in [2.45, 2.75) is 6.61 Å². The average molecular weight is 365 g/mol. The highest BCUT2D eigenvalue weighted by molar-refractivity contribution is 8.00. The number of aliphatic carboxylic acids is 1. The van der Waals surface area contributed by atoms with E-state index in [-0.39, 0.29) is 5.75 Å². The van der Waals surface area contributed by atoms with Crippen LogP contribution < -0.4 is 4.74 Å². The molecule has 1 heterocycles. The number of fused-ring (bicyclic) bond motifs is 1. The molecular formula is C21H19NO3S. The second-order valence-corrected chi connectivity index (χ2v) is 6.70. The predicted octanol–water partition coefficient (Wildman–Crippen LogP) is 4.64. The van der Waals surface area contributed by atoms with Crippen molar-refractivity contribution in [1.29, 1.82) is 0 Å². The molecule has 0 aliphatic heterocycles. The van der Waals surface area contributed by atoms with Crippen LogP contribution in [0.4, 0.5) is 0 Å². The van der Waals surface area contributed by atoms with E-state index in [2.05, 4.69) is 11.1 Å². The van der Waals surface area contributed by atoms with Gasteiger partial charge in [0.05, 0.1) is 17.0 Å². The maximum atomic E-state index is 10.5. The molecule has 0 unspecified atom stereocenters. The van der Waals surface area contributed by atoms with Crippen LogP contribution in [0.1, 0.15) is 11.3 Å². The molecule has 0 amide bonds. The van der Waals surface area contributed by atoms with Gasteiger partial charge in [0.1, 0.15) is 12.4 Å². The van der Waals surface area contributed by atoms with Crippen LogP contribution in [-0.2, 0) is 11.4 Å². The number of rotatable bonds is 8. The normalized spacial score (nSPS) is 11.1. The Morgan fingerprint density at radius 2 is 2.00 bits per heavy atom. The van der Waals surface area contributed by atoms with Crippen molar-refractivity contribution in [2.75, 3.05) is 11.5 Å². The molecule has 0 atom stereocenters. The van der Waals surface area contributed by atoms with Gasteiger partial charge in [-0.2, -0.15) is 0 Å². The van der Waals surface area contributed by atoms with Crippen LogP contribution in [0.3, 0.4) is 0 Å². The summed E-state index contributed by atoms with van der Waals surface area (Å²) in [6.45, 7) is 0.409. The minimum Gasteiger partial charge on any atom is -0.487 e.